The molecule has 1 aromatic rings. The highest BCUT2D eigenvalue weighted by Gasteiger charge is 2.19. The number of amides is 1. The van der Waals surface area contributed by atoms with Crippen LogP contribution in [0.25, 0.3) is 0 Å². The molecule has 6 nitrogen and oxygen atoms in total. The SMILES string of the molecule is CCC(NC(=O)c1cc(CC(C)C)[nH]c(=O)c1)C(=O)O. The molecule has 0 fully saturated rings. The van der Waals surface area contributed by atoms with Crippen molar-refractivity contribution in [2.45, 2.75) is 39.7 Å². The van der Waals surface area contributed by atoms with Gasteiger partial charge in [-0.3, -0.25) is 9.59 Å². The maximum absolute atomic E-state index is 12.0. The number of nitrogens with one attached hydrogen (secondary N) is 2. The second kappa shape index (κ2) is 6.88. The molecule has 1 rings (SSSR count). The van der Waals surface area contributed by atoms with E-state index in [0.29, 0.717) is 18.0 Å². The van der Waals surface area contributed by atoms with E-state index in [2.05, 4.69) is 10.3 Å². The summed E-state index contributed by atoms with van der Waals surface area (Å²) < 4.78 is 0. The standard InChI is InChI=1S/C14H20N2O4/c1-4-11(14(19)20)16-13(18)9-6-10(5-8(2)3)15-12(17)7-9/h6-8,11H,4-5H2,1-3H3,(H,15,17)(H,16,18)(H,19,20). The lowest BCUT2D eigenvalue weighted by atomic mass is 10.1. The lowest BCUT2D eigenvalue weighted by Gasteiger charge is -2.13. The van der Waals surface area contributed by atoms with Crippen molar-refractivity contribution in [3.05, 3.63) is 33.7 Å². The minimum Gasteiger partial charge on any atom is -0.480 e. The number of hydrogen-bond acceptors (Lipinski definition) is 3. The zero-order valence-corrected chi connectivity index (χ0v) is 11.9. The van der Waals surface area contributed by atoms with E-state index < -0.39 is 17.9 Å². The minimum atomic E-state index is -1.09. The Morgan fingerprint density at radius 2 is 2.00 bits per heavy atom. The van der Waals surface area contributed by atoms with Gasteiger partial charge in [0.2, 0.25) is 5.56 Å². The Morgan fingerprint density at radius 3 is 2.50 bits per heavy atom. The Balaban J connectivity index is 2.95. The van der Waals surface area contributed by atoms with Crippen molar-refractivity contribution in [1.29, 1.82) is 0 Å². The first-order valence-electron chi connectivity index (χ1n) is 6.60. The number of hydrogen-bond donors (Lipinski definition) is 3. The Bertz CT molecular complexity index is 548. The molecule has 3 N–H and O–H groups in total. The molecule has 0 aliphatic heterocycles. The van der Waals surface area contributed by atoms with Gasteiger partial charge in [0.15, 0.2) is 0 Å². The maximum atomic E-state index is 12.0. The summed E-state index contributed by atoms with van der Waals surface area (Å²) in [5.74, 6) is -1.30. The van der Waals surface area contributed by atoms with Crippen LogP contribution in [0.3, 0.4) is 0 Å². The van der Waals surface area contributed by atoms with Gasteiger partial charge < -0.3 is 15.4 Å². The highest BCUT2D eigenvalue weighted by atomic mass is 16.4. The van der Waals surface area contributed by atoms with Gasteiger partial charge in [0.05, 0.1) is 0 Å². The van der Waals surface area contributed by atoms with Crippen LogP contribution >= 0.6 is 0 Å². The molecular weight excluding hydrogens is 260 g/mol. The maximum Gasteiger partial charge on any atom is 0.326 e. The predicted molar refractivity (Wildman–Crippen MR) is 74.8 cm³/mol. The summed E-state index contributed by atoms with van der Waals surface area (Å²) in [6.07, 6.45) is 0.926. The summed E-state index contributed by atoms with van der Waals surface area (Å²) in [5, 5.41) is 11.3. The molecular formula is C14H20N2O4. The van der Waals surface area contributed by atoms with E-state index in [1.54, 1.807) is 13.0 Å². The van der Waals surface area contributed by atoms with E-state index in [1.165, 1.54) is 6.07 Å². The second-order valence-corrected chi connectivity index (χ2v) is 5.13. The number of aromatic nitrogens is 1. The van der Waals surface area contributed by atoms with Crippen molar-refractivity contribution < 1.29 is 14.7 Å². The van der Waals surface area contributed by atoms with Gasteiger partial charge in [0.25, 0.3) is 5.91 Å². The van der Waals surface area contributed by atoms with Crippen LogP contribution in [-0.2, 0) is 11.2 Å². The zero-order valence-electron chi connectivity index (χ0n) is 11.9. The van der Waals surface area contributed by atoms with Crippen LogP contribution in [0.15, 0.2) is 16.9 Å². The summed E-state index contributed by atoms with van der Waals surface area (Å²) in [6.45, 7) is 5.67. The van der Waals surface area contributed by atoms with Gasteiger partial charge in [-0.1, -0.05) is 20.8 Å². The lowest BCUT2D eigenvalue weighted by molar-refractivity contribution is -0.139. The summed E-state index contributed by atoms with van der Waals surface area (Å²) in [4.78, 5) is 37.1. The van der Waals surface area contributed by atoms with Crippen LogP contribution in [-0.4, -0.2) is 28.0 Å². The van der Waals surface area contributed by atoms with Crippen LogP contribution in [0, 0.1) is 5.92 Å². The van der Waals surface area contributed by atoms with Crippen LogP contribution in [0.1, 0.15) is 43.2 Å². The molecule has 20 heavy (non-hydrogen) atoms. The van der Waals surface area contributed by atoms with Gasteiger partial charge in [-0.15, -0.1) is 0 Å². The summed E-state index contributed by atoms with van der Waals surface area (Å²) in [5.41, 5.74) is 0.488. The largest absolute Gasteiger partial charge is 0.480 e. The van der Waals surface area contributed by atoms with Crippen molar-refractivity contribution in [1.82, 2.24) is 10.3 Å². The Hall–Kier alpha value is -2.11. The van der Waals surface area contributed by atoms with Gasteiger partial charge >= 0.3 is 5.97 Å². The number of aromatic amines is 1. The zero-order chi connectivity index (χ0) is 15.3. The first-order valence-corrected chi connectivity index (χ1v) is 6.60. The van der Waals surface area contributed by atoms with Gasteiger partial charge in [0, 0.05) is 17.3 Å². The quantitative estimate of drug-likeness (QED) is 0.728. The van der Waals surface area contributed by atoms with Crippen LogP contribution < -0.4 is 10.9 Å². The van der Waals surface area contributed by atoms with Crippen molar-refractivity contribution in [3.8, 4) is 0 Å². The third kappa shape index (κ3) is 4.53. The summed E-state index contributed by atoms with van der Waals surface area (Å²) in [6, 6.07) is 1.81. The van der Waals surface area contributed by atoms with E-state index >= 15 is 0 Å². The Kier molecular flexibility index (Phi) is 5.49. The molecule has 1 heterocycles. The average Bonchev–Trinajstić information content (AvgIpc) is 2.33. The minimum absolute atomic E-state index is 0.184. The number of carbonyl (C=O) groups excluding carboxylic acids is 1. The number of rotatable bonds is 6. The van der Waals surface area contributed by atoms with Crippen LogP contribution in [0.4, 0.5) is 0 Å². The summed E-state index contributed by atoms with van der Waals surface area (Å²) >= 11 is 0. The van der Waals surface area contributed by atoms with Gasteiger partial charge in [-0.25, -0.2) is 4.79 Å². The molecule has 1 unspecified atom stereocenters. The first-order chi connectivity index (χ1) is 9.33. The van der Waals surface area contributed by atoms with E-state index in [-0.39, 0.29) is 17.5 Å². The molecule has 0 radical (unpaired) electrons. The number of H-pyrrole nitrogens is 1. The highest BCUT2D eigenvalue weighted by molar-refractivity contribution is 5.96. The van der Waals surface area contributed by atoms with Crippen molar-refractivity contribution in [2.75, 3.05) is 0 Å². The molecule has 0 bridgehead atoms. The number of carboxylic acids is 1. The molecule has 110 valence electrons. The lowest BCUT2D eigenvalue weighted by Crippen LogP contribution is -2.40. The van der Waals surface area contributed by atoms with Crippen LogP contribution in [0.2, 0.25) is 0 Å². The normalized spacial score (nSPS) is 12.2. The predicted octanol–water partition coefficient (Wildman–Crippen LogP) is 1.17. The molecule has 1 aromatic heterocycles. The molecule has 1 amide bonds. The molecule has 6 heteroatoms. The van der Waals surface area contributed by atoms with E-state index in [1.807, 2.05) is 13.8 Å². The van der Waals surface area contributed by atoms with Gasteiger partial charge in [-0.05, 0) is 24.8 Å². The topological polar surface area (TPSA) is 99.3 Å². The van der Waals surface area contributed by atoms with Gasteiger partial charge in [0.1, 0.15) is 6.04 Å². The summed E-state index contributed by atoms with van der Waals surface area (Å²) in [7, 11) is 0. The fourth-order valence-electron chi connectivity index (χ4n) is 1.86. The van der Waals surface area contributed by atoms with Crippen LogP contribution in [0.5, 0.6) is 0 Å². The third-order valence-electron chi connectivity index (χ3n) is 2.80. The molecule has 0 aliphatic rings. The molecule has 0 aromatic carbocycles. The first kappa shape index (κ1) is 15.9. The van der Waals surface area contributed by atoms with Crippen molar-refractivity contribution >= 4 is 11.9 Å². The fourth-order valence-corrected chi connectivity index (χ4v) is 1.86. The van der Waals surface area contributed by atoms with E-state index in [9.17, 15) is 14.4 Å². The number of aliphatic carboxylic acids is 1. The Morgan fingerprint density at radius 1 is 1.35 bits per heavy atom. The van der Waals surface area contributed by atoms with E-state index in [0.717, 1.165) is 0 Å². The number of carbonyl (C=O) groups is 2. The molecule has 1 atom stereocenters. The van der Waals surface area contributed by atoms with Crippen molar-refractivity contribution in [3.63, 3.8) is 0 Å². The number of carboxylic acid groups (broad SMARTS) is 1. The third-order valence-corrected chi connectivity index (χ3v) is 2.80. The van der Waals surface area contributed by atoms with Crippen molar-refractivity contribution in [2.24, 2.45) is 5.92 Å². The molecule has 0 aliphatic carbocycles. The average molecular weight is 280 g/mol. The molecule has 0 saturated carbocycles. The Labute approximate surface area is 117 Å². The highest BCUT2D eigenvalue weighted by Crippen LogP contribution is 2.06. The monoisotopic (exact) mass is 280 g/mol. The number of pyridine rings is 1. The smallest absolute Gasteiger partial charge is 0.326 e. The fraction of sp³-hybridized carbons (Fsp3) is 0.500. The molecule has 0 spiro atoms. The van der Waals surface area contributed by atoms with Gasteiger partial charge in [-0.2, -0.15) is 0 Å². The molecule has 0 saturated heterocycles. The van der Waals surface area contributed by atoms with E-state index in [4.69, 9.17) is 5.11 Å². The second-order valence-electron chi connectivity index (χ2n) is 5.13.